The summed E-state index contributed by atoms with van der Waals surface area (Å²) >= 11 is 0.936. The van der Waals surface area contributed by atoms with Gasteiger partial charge in [-0.1, -0.05) is 11.8 Å². The molecule has 1 heterocycles. The van der Waals surface area contributed by atoms with Gasteiger partial charge < -0.3 is 9.84 Å². The van der Waals surface area contributed by atoms with Crippen molar-refractivity contribution in [1.29, 1.82) is 0 Å². The molecule has 0 spiro atoms. The molecule has 20 heavy (non-hydrogen) atoms. The Bertz CT molecular complexity index is 558. The van der Waals surface area contributed by atoms with Gasteiger partial charge in [0.05, 0.1) is 5.69 Å². The van der Waals surface area contributed by atoms with Gasteiger partial charge in [0, 0.05) is 0 Å². The molecule has 1 aromatic carbocycles. The van der Waals surface area contributed by atoms with Crippen molar-refractivity contribution < 1.29 is 23.0 Å². The third-order valence-corrected chi connectivity index (χ3v) is 2.87. The zero-order valence-electron chi connectivity index (χ0n) is 9.91. The molecule has 1 aromatic heterocycles. The van der Waals surface area contributed by atoms with Crippen molar-refractivity contribution in [2.24, 2.45) is 0 Å². The van der Waals surface area contributed by atoms with Crippen LogP contribution in [-0.2, 0) is 4.74 Å². The number of phenolic OH excluding ortho intramolecular Hbond substituents is 1. The minimum atomic E-state index is -4.36. The molecule has 0 atom stereocenters. The van der Waals surface area contributed by atoms with Gasteiger partial charge in [0.1, 0.15) is 18.3 Å². The molecule has 0 saturated heterocycles. The van der Waals surface area contributed by atoms with Gasteiger partial charge in [0.2, 0.25) is 5.16 Å². The van der Waals surface area contributed by atoms with Crippen molar-refractivity contribution in [3.05, 3.63) is 24.3 Å². The first-order chi connectivity index (χ1) is 9.46. The Balaban J connectivity index is 1.97. The maximum atomic E-state index is 11.9. The van der Waals surface area contributed by atoms with Crippen LogP contribution in [0.1, 0.15) is 0 Å². The van der Waals surface area contributed by atoms with E-state index < -0.39 is 12.8 Å². The van der Waals surface area contributed by atoms with Crippen molar-refractivity contribution in [2.75, 3.05) is 12.5 Å². The van der Waals surface area contributed by atoms with Crippen LogP contribution in [0.2, 0.25) is 0 Å². The molecular weight excluding hydrogens is 297 g/mol. The maximum Gasteiger partial charge on any atom is 0.411 e. The van der Waals surface area contributed by atoms with E-state index in [0.29, 0.717) is 5.69 Å². The number of alkyl halides is 3. The monoisotopic (exact) mass is 306 g/mol. The lowest BCUT2D eigenvalue weighted by Gasteiger charge is -2.07. The number of hydrogen-bond acceptors (Lipinski definition) is 6. The zero-order chi connectivity index (χ0) is 14.6. The number of thioether (sulfide) groups is 1. The summed E-state index contributed by atoms with van der Waals surface area (Å²) in [6.45, 7) is -1.32. The molecular formula is C10H9F3N4O2S. The number of hydrogen-bond donors (Lipinski definition) is 1. The fourth-order valence-corrected chi connectivity index (χ4v) is 1.91. The van der Waals surface area contributed by atoms with Crippen LogP contribution in [0, 0.1) is 0 Å². The Hall–Kier alpha value is -1.81. The minimum Gasteiger partial charge on any atom is -0.508 e. The van der Waals surface area contributed by atoms with Gasteiger partial charge in [-0.2, -0.15) is 17.9 Å². The number of aromatic hydroxyl groups is 1. The third kappa shape index (κ3) is 4.10. The SMILES string of the molecule is Oc1ccc(-n2nnnc2SCOCC(F)(F)F)cc1. The second-order valence-corrected chi connectivity index (χ2v) is 4.51. The number of phenols is 1. The highest BCUT2D eigenvalue weighted by Crippen LogP contribution is 2.21. The van der Waals surface area contributed by atoms with Crippen LogP contribution in [0.5, 0.6) is 5.75 Å². The van der Waals surface area contributed by atoms with Gasteiger partial charge in [-0.3, -0.25) is 0 Å². The average molecular weight is 306 g/mol. The van der Waals surface area contributed by atoms with E-state index in [4.69, 9.17) is 0 Å². The van der Waals surface area contributed by atoms with Crippen LogP contribution in [0.25, 0.3) is 5.69 Å². The molecule has 10 heteroatoms. The molecule has 0 aliphatic rings. The molecule has 0 radical (unpaired) electrons. The minimum absolute atomic E-state index is 0.0875. The van der Waals surface area contributed by atoms with E-state index in [1.54, 1.807) is 12.1 Å². The summed E-state index contributed by atoms with van der Waals surface area (Å²) in [6, 6.07) is 6.05. The summed E-state index contributed by atoms with van der Waals surface area (Å²) < 4.78 is 41.5. The van der Waals surface area contributed by atoms with Gasteiger partial charge >= 0.3 is 6.18 Å². The molecule has 6 nitrogen and oxygen atoms in total. The Morgan fingerprint density at radius 2 is 1.95 bits per heavy atom. The molecule has 1 N–H and O–H groups in total. The summed E-state index contributed by atoms with van der Waals surface area (Å²) in [5.74, 6) is -0.137. The molecule has 0 saturated carbocycles. The summed E-state index contributed by atoms with van der Waals surface area (Å²) in [7, 11) is 0. The normalized spacial score (nSPS) is 11.8. The lowest BCUT2D eigenvalue weighted by molar-refractivity contribution is -0.168. The van der Waals surface area contributed by atoms with Crippen molar-refractivity contribution in [2.45, 2.75) is 11.3 Å². The number of aromatic nitrogens is 4. The molecule has 2 aromatic rings. The molecule has 0 fully saturated rings. The number of nitrogens with zero attached hydrogens (tertiary/aromatic N) is 4. The number of halogens is 3. The number of tetrazole rings is 1. The predicted molar refractivity (Wildman–Crippen MR) is 63.5 cm³/mol. The van der Waals surface area contributed by atoms with Crippen LogP contribution >= 0.6 is 11.8 Å². The van der Waals surface area contributed by atoms with E-state index in [1.165, 1.54) is 16.8 Å². The lowest BCUT2D eigenvalue weighted by Crippen LogP contribution is -2.16. The second-order valence-electron chi connectivity index (χ2n) is 3.62. The van der Waals surface area contributed by atoms with Crippen molar-refractivity contribution >= 4 is 11.8 Å². The van der Waals surface area contributed by atoms with E-state index in [-0.39, 0.29) is 16.8 Å². The Kier molecular flexibility index (Phi) is 4.45. The highest BCUT2D eigenvalue weighted by molar-refractivity contribution is 7.99. The van der Waals surface area contributed by atoms with E-state index in [9.17, 15) is 18.3 Å². The summed E-state index contributed by atoms with van der Waals surface area (Å²) in [4.78, 5) is 0. The summed E-state index contributed by atoms with van der Waals surface area (Å²) in [6.07, 6.45) is -4.36. The molecule has 0 unspecified atom stereocenters. The third-order valence-electron chi connectivity index (χ3n) is 2.07. The Morgan fingerprint density at radius 3 is 2.60 bits per heavy atom. The first kappa shape index (κ1) is 14.6. The average Bonchev–Trinajstić information content (AvgIpc) is 2.83. The van der Waals surface area contributed by atoms with E-state index in [1.807, 2.05) is 0 Å². The quantitative estimate of drug-likeness (QED) is 0.517. The van der Waals surface area contributed by atoms with Gasteiger partial charge in [0.25, 0.3) is 0 Å². The number of benzene rings is 1. The van der Waals surface area contributed by atoms with E-state index in [0.717, 1.165) is 11.8 Å². The standard InChI is InChI=1S/C10H9F3N4O2S/c11-10(12,13)5-19-6-20-9-14-15-16-17(9)7-1-3-8(18)4-2-7/h1-4,18H,5-6H2. The summed E-state index contributed by atoms with van der Waals surface area (Å²) in [5, 5.41) is 20.3. The summed E-state index contributed by atoms with van der Waals surface area (Å²) in [5.41, 5.74) is 0.575. The second kappa shape index (κ2) is 6.09. The van der Waals surface area contributed by atoms with Crippen LogP contribution in [-0.4, -0.2) is 44.0 Å². The first-order valence-electron chi connectivity index (χ1n) is 5.31. The van der Waals surface area contributed by atoms with Gasteiger partial charge in [0.15, 0.2) is 0 Å². The molecule has 0 amide bonds. The molecule has 0 aliphatic carbocycles. The largest absolute Gasteiger partial charge is 0.508 e. The predicted octanol–water partition coefficient (Wildman–Crippen LogP) is 2.00. The van der Waals surface area contributed by atoms with Crippen LogP contribution in [0.4, 0.5) is 13.2 Å². The highest BCUT2D eigenvalue weighted by Gasteiger charge is 2.27. The van der Waals surface area contributed by atoms with Gasteiger partial charge in [-0.15, -0.1) is 5.10 Å². The Morgan fingerprint density at radius 1 is 1.25 bits per heavy atom. The van der Waals surface area contributed by atoms with Crippen LogP contribution in [0.3, 0.4) is 0 Å². The smallest absolute Gasteiger partial charge is 0.411 e. The lowest BCUT2D eigenvalue weighted by atomic mass is 10.3. The highest BCUT2D eigenvalue weighted by atomic mass is 32.2. The van der Waals surface area contributed by atoms with Crippen molar-refractivity contribution in [3.8, 4) is 11.4 Å². The number of ether oxygens (including phenoxy) is 1. The van der Waals surface area contributed by atoms with E-state index >= 15 is 0 Å². The van der Waals surface area contributed by atoms with Gasteiger partial charge in [-0.05, 0) is 34.7 Å². The van der Waals surface area contributed by atoms with E-state index in [2.05, 4.69) is 20.3 Å². The topological polar surface area (TPSA) is 73.1 Å². The molecule has 0 bridgehead atoms. The first-order valence-corrected chi connectivity index (χ1v) is 6.29. The van der Waals surface area contributed by atoms with Gasteiger partial charge in [-0.25, -0.2) is 0 Å². The van der Waals surface area contributed by atoms with Crippen LogP contribution < -0.4 is 0 Å². The Labute approximate surface area is 115 Å². The molecule has 108 valence electrons. The molecule has 2 rings (SSSR count). The maximum absolute atomic E-state index is 11.9. The number of rotatable bonds is 5. The van der Waals surface area contributed by atoms with Crippen molar-refractivity contribution in [3.63, 3.8) is 0 Å². The zero-order valence-corrected chi connectivity index (χ0v) is 10.7. The van der Waals surface area contributed by atoms with Crippen molar-refractivity contribution in [1.82, 2.24) is 20.2 Å². The fraction of sp³-hybridized carbons (Fsp3) is 0.300. The van der Waals surface area contributed by atoms with Crippen LogP contribution in [0.15, 0.2) is 29.4 Å². The molecule has 0 aliphatic heterocycles. The fourth-order valence-electron chi connectivity index (χ4n) is 1.28.